The number of rotatable bonds is 4. The third-order valence-electron chi connectivity index (χ3n) is 4.39. The van der Waals surface area contributed by atoms with Crippen LogP contribution in [0.25, 0.3) is 0 Å². The number of thiocarbonyl (C=S) groups is 1. The van der Waals surface area contributed by atoms with Crippen molar-refractivity contribution in [2.24, 2.45) is 11.8 Å². The average Bonchev–Trinajstić information content (AvgIpc) is 2.71. The SMILES string of the molecule is CC(C)(C)[Si](C)(C)OC1CCCC1COC(=S)NN. The van der Waals surface area contributed by atoms with E-state index in [-0.39, 0.29) is 10.2 Å². The molecule has 0 spiro atoms. The molecule has 0 saturated heterocycles. The quantitative estimate of drug-likeness (QED) is 0.362. The third kappa shape index (κ3) is 4.70. The monoisotopic (exact) mass is 304 g/mol. The van der Waals surface area contributed by atoms with Gasteiger partial charge < -0.3 is 9.16 Å². The molecule has 0 radical (unpaired) electrons. The van der Waals surface area contributed by atoms with E-state index >= 15 is 0 Å². The Balaban J connectivity index is 2.55. The van der Waals surface area contributed by atoms with Crippen molar-refractivity contribution in [3.8, 4) is 0 Å². The second kappa shape index (κ2) is 6.52. The molecule has 4 nitrogen and oxygen atoms in total. The van der Waals surface area contributed by atoms with Crippen LogP contribution in [0.3, 0.4) is 0 Å². The van der Waals surface area contributed by atoms with Crippen molar-refractivity contribution in [2.75, 3.05) is 6.61 Å². The maximum atomic E-state index is 6.51. The van der Waals surface area contributed by atoms with Crippen molar-refractivity contribution in [3.05, 3.63) is 0 Å². The maximum Gasteiger partial charge on any atom is 0.271 e. The van der Waals surface area contributed by atoms with Crippen LogP contribution >= 0.6 is 12.2 Å². The van der Waals surface area contributed by atoms with Crippen molar-refractivity contribution >= 4 is 25.7 Å². The highest BCUT2D eigenvalue weighted by Gasteiger charge is 2.42. The van der Waals surface area contributed by atoms with Gasteiger partial charge in [0.25, 0.3) is 5.17 Å². The maximum absolute atomic E-state index is 6.51. The number of nitrogens with two attached hydrogens (primary N) is 1. The van der Waals surface area contributed by atoms with Gasteiger partial charge in [0.2, 0.25) is 0 Å². The van der Waals surface area contributed by atoms with Gasteiger partial charge >= 0.3 is 0 Å². The minimum atomic E-state index is -1.70. The van der Waals surface area contributed by atoms with Gasteiger partial charge in [-0.15, -0.1) is 0 Å². The lowest BCUT2D eigenvalue weighted by molar-refractivity contribution is 0.102. The summed E-state index contributed by atoms with van der Waals surface area (Å²) in [6.45, 7) is 12.0. The second-order valence-corrected chi connectivity index (χ2v) is 12.0. The number of nitrogens with one attached hydrogen (secondary N) is 1. The van der Waals surface area contributed by atoms with Gasteiger partial charge in [0, 0.05) is 5.92 Å². The molecule has 1 aliphatic rings. The van der Waals surface area contributed by atoms with Crippen molar-refractivity contribution in [3.63, 3.8) is 0 Å². The van der Waals surface area contributed by atoms with Crippen molar-refractivity contribution in [1.82, 2.24) is 5.43 Å². The molecule has 0 heterocycles. The summed E-state index contributed by atoms with van der Waals surface area (Å²) in [7, 11) is -1.70. The highest BCUT2D eigenvalue weighted by atomic mass is 32.1. The Kier molecular flexibility index (Phi) is 5.79. The summed E-state index contributed by atoms with van der Waals surface area (Å²) in [4.78, 5) is 0. The molecule has 1 fully saturated rings. The molecule has 0 aliphatic heterocycles. The molecule has 112 valence electrons. The summed E-state index contributed by atoms with van der Waals surface area (Å²) in [5.41, 5.74) is 2.35. The van der Waals surface area contributed by atoms with Gasteiger partial charge in [0.1, 0.15) is 0 Å². The molecule has 19 heavy (non-hydrogen) atoms. The van der Waals surface area contributed by atoms with Crippen LogP contribution in [0.1, 0.15) is 40.0 Å². The van der Waals surface area contributed by atoms with E-state index < -0.39 is 8.32 Å². The first-order chi connectivity index (χ1) is 8.67. The van der Waals surface area contributed by atoms with E-state index in [0.717, 1.165) is 12.8 Å². The van der Waals surface area contributed by atoms with Crippen LogP contribution in [0.4, 0.5) is 0 Å². The molecule has 3 N–H and O–H groups in total. The highest BCUT2D eigenvalue weighted by molar-refractivity contribution is 7.80. The zero-order valence-electron chi connectivity index (χ0n) is 12.8. The molecule has 0 amide bonds. The fourth-order valence-corrected chi connectivity index (χ4v) is 3.62. The summed E-state index contributed by atoms with van der Waals surface area (Å²) in [5, 5.41) is 0.507. The third-order valence-corrected chi connectivity index (χ3v) is 9.13. The molecule has 6 heteroatoms. The van der Waals surface area contributed by atoms with Crippen LogP contribution in [0, 0.1) is 5.92 Å². The lowest BCUT2D eigenvalue weighted by Crippen LogP contribution is -2.45. The standard InChI is InChI=1S/C13H28N2O2SSi/c1-13(2,3)19(4,5)17-11-8-6-7-10(11)9-16-12(18)15-14/h10-11H,6-9,14H2,1-5H3,(H,15,18). The fraction of sp³-hybridized carbons (Fsp3) is 0.923. The normalized spacial score (nSPS) is 24.3. The van der Waals surface area contributed by atoms with E-state index in [1.54, 1.807) is 0 Å². The predicted molar refractivity (Wildman–Crippen MR) is 85.3 cm³/mol. The smallest absolute Gasteiger partial charge is 0.271 e. The Morgan fingerprint density at radius 2 is 2.00 bits per heavy atom. The number of ether oxygens (including phenoxy) is 1. The average molecular weight is 305 g/mol. The van der Waals surface area contributed by atoms with E-state index in [9.17, 15) is 0 Å². The molecule has 0 aromatic rings. The second-order valence-electron chi connectivity index (χ2n) is 6.85. The molecule has 2 atom stereocenters. The molecule has 0 aromatic heterocycles. The summed E-state index contributed by atoms with van der Waals surface area (Å²) in [6, 6.07) is 0. The molecule has 0 bridgehead atoms. The van der Waals surface area contributed by atoms with Crippen LogP contribution in [-0.4, -0.2) is 26.2 Å². The van der Waals surface area contributed by atoms with Gasteiger partial charge in [0.05, 0.1) is 12.7 Å². The molecular weight excluding hydrogens is 276 g/mol. The zero-order chi connectivity index (χ0) is 14.7. The summed E-state index contributed by atoms with van der Waals surface area (Å²) >= 11 is 4.91. The number of hydrogen-bond acceptors (Lipinski definition) is 4. The lowest BCUT2D eigenvalue weighted by Gasteiger charge is -2.39. The van der Waals surface area contributed by atoms with Crippen molar-refractivity contribution < 1.29 is 9.16 Å². The van der Waals surface area contributed by atoms with Crippen LogP contribution in [-0.2, 0) is 9.16 Å². The van der Waals surface area contributed by atoms with E-state index in [0.29, 0.717) is 18.6 Å². The van der Waals surface area contributed by atoms with Gasteiger partial charge in [-0.3, -0.25) is 5.43 Å². The minimum Gasteiger partial charge on any atom is -0.470 e. The number of hydrazine groups is 1. The van der Waals surface area contributed by atoms with Gasteiger partial charge in [-0.25, -0.2) is 5.84 Å². The first-order valence-corrected chi connectivity index (χ1v) is 10.3. The first kappa shape index (κ1) is 16.9. The van der Waals surface area contributed by atoms with Crippen molar-refractivity contribution in [2.45, 2.75) is 64.3 Å². The van der Waals surface area contributed by atoms with E-state index in [2.05, 4.69) is 39.3 Å². The number of hydrogen-bond donors (Lipinski definition) is 2. The Morgan fingerprint density at radius 3 is 2.53 bits per heavy atom. The Hall–Kier alpha value is -0.173. The summed E-state index contributed by atoms with van der Waals surface area (Å²) < 4.78 is 11.9. The van der Waals surface area contributed by atoms with E-state index in [1.165, 1.54) is 6.42 Å². The molecular formula is C13H28N2O2SSi. The largest absolute Gasteiger partial charge is 0.470 e. The molecule has 2 unspecified atom stereocenters. The van der Waals surface area contributed by atoms with Gasteiger partial charge in [-0.1, -0.05) is 27.2 Å². The Morgan fingerprint density at radius 1 is 1.37 bits per heavy atom. The van der Waals surface area contributed by atoms with Crippen LogP contribution in [0.2, 0.25) is 18.1 Å². The van der Waals surface area contributed by atoms with Gasteiger partial charge in [-0.2, -0.15) is 0 Å². The van der Waals surface area contributed by atoms with Gasteiger partial charge in [0.15, 0.2) is 8.32 Å². The molecule has 1 saturated carbocycles. The highest BCUT2D eigenvalue weighted by Crippen LogP contribution is 2.40. The van der Waals surface area contributed by atoms with Crippen LogP contribution in [0.5, 0.6) is 0 Å². The molecule has 1 rings (SSSR count). The first-order valence-electron chi connectivity index (χ1n) is 6.98. The van der Waals surface area contributed by atoms with E-state index in [1.807, 2.05) is 0 Å². The van der Waals surface area contributed by atoms with Crippen LogP contribution in [0.15, 0.2) is 0 Å². The lowest BCUT2D eigenvalue weighted by atomic mass is 10.1. The Labute approximate surface area is 123 Å². The minimum absolute atomic E-state index is 0.245. The fourth-order valence-electron chi connectivity index (χ4n) is 2.13. The molecule has 1 aliphatic carbocycles. The summed E-state index contributed by atoms with van der Waals surface area (Å²) in [6.07, 6.45) is 3.79. The Bertz CT molecular complexity index is 318. The van der Waals surface area contributed by atoms with E-state index in [4.69, 9.17) is 27.2 Å². The zero-order valence-corrected chi connectivity index (χ0v) is 14.6. The predicted octanol–water partition coefficient (Wildman–Crippen LogP) is 2.94. The van der Waals surface area contributed by atoms with Crippen molar-refractivity contribution in [1.29, 1.82) is 0 Å². The summed E-state index contributed by atoms with van der Waals surface area (Å²) in [5.74, 6) is 5.64. The molecule has 0 aromatic carbocycles. The topological polar surface area (TPSA) is 56.5 Å². The van der Waals surface area contributed by atoms with Gasteiger partial charge in [-0.05, 0) is 43.2 Å². The van der Waals surface area contributed by atoms with Crippen LogP contribution < -0.4 is 11.3 Å².